The van der Waals surface area contributed by atoms with Gasteiger partial charge in [0.05, 0.1) is 18.1 Å². The molecule has 3 aromatic carbocycles. The Morgan fingerprint density at radius 3 is 1.93 bits per heavy atom. The van der Waals surface area contributed by atoms with Gasteiger partial charge in [0.1, 0.15) is 31.0 Å². The fourth-order valence-corrected chi connectivity index (χ4v) is 5.70. The minimum atomic E-state index is -4.00. The number of esters is 1. The third-order valence-electron chi connectivity index (χ3n) is 6.52. The van der Waals surface area contributed by atoms with Crippen LogP contribution in [0.15, 0.2) is 89.8 Å². The first-order chi connectivity index (χ1) is 19.3. The van der Waals surface area contributed by atoms with Crippen LogP contribution in [0.25, 0.3) is 0 Å². The van der Waals surface area contributed by atoms with E-state index in [4.69, 9.17) is 23.7 Å². The Bertz CT molecular complexity index is 1320. The molecule has 1 N–H and O–H groups in total. The van der Waals surface area contributed by atoms with Crippen LogP contribution in [0.4, 0.5) is 0 Å². The van der Waals surface area contributed by atoms with E-state index in [-0.39, 0.29) is 24.7 Å². The van der Waals surface area contributed by atoms with E-state index in [1.54, 1.807) is 12.1 Å². The lowest BCUT2D eigenvalue weighted by molar-refractivity contribution is -0.281. The van der Waals surface area contributed by atoms with Crippen molar-refractivity contribution in [3.05, 3.63) is 102 Å². The van der Waals surface area contributed by atoms with Crippen molar-refractivity contribution >= 4 is 16.0 Å². The number of rotatable bonds is 12. The van der Waals surface area contributed by atoms with Gasteiger partial charge in [-0.3, -0.25) is 4.79 Å². The van der Waals surface area contributed by atoms with Crippen LogP contribution in [0.5, 0.6) is 0 Å². The van der Waals surface area contributed by atoms with Crippen molar-refractivity contribution in [1.82, 2.24) is 4.72 Å². The summed E-state index contributed by atoms with van der Waals surface area (Å²) in [4.78, 5) is 11.8. The van der Waals surface area contributed by atoms with E-state index in [2.05, 4.69) is 4.72 Å². The van der Waals surface area contributed by atoms with Gasteiger partial charge in [0.25, 0.3) is 0 Å². The Labute approximate surface area is 235 Å². The topological polar surface area (TPSA) is 109 Å². The lowest BCUT2D eigenvalue weighted by atomic mass is 9.96. The highest BCUT2D eigenvalue weighted by Gasteiger charge is 2.49. The van der Waals surface area contributed by atoms with Gasteiger partial charge in [-0.1, -0.05) is 78.4 Å². The number of methoxy groups -OCH3 is 1. The fraction of sp³-hybridized carbons (Fsp3) is 0.367. The van der Waals surface area contributed by atoms with Gasteiger partial charge >= 0.3 is 5.97 Å². The molecular weight excluding hydrogens is 534 g/mol. The van der Waals surface area contributed by atoms with Gasteiger partial charge in [-0.15, -0.1) is 0 Å². The van der Waals surface area contributed by atoms with Crippen molar-refractivity contribution in [3.63, 3.8) is 0 Å². The van der Waals surface area contributed by atoms with Crippen LogP contribution in [0.2, 0.25) is 0 Å². The lowest BCUT2D eigenvalue weighted by Gasteiger charge is -2.45. The Kier molecular flexibility index (Phi) is 10.4. The van der Waals surface area contributed by atoms with Crippen molar-refractivity contribution in [2.24, 2.45) is 0 Å². The second-order valence-corrected chi connectivity index (χ2v) is 11.3. The number of benzene rings is 3. The second-order valence-electron chi connectivity index (χ2n) is 9.56. The van der Waals surface area contributed by atoms with Crippen LogP contribution in [0.3, 0.4) is 0 Å². The van der Waals surface area contributed by atoms with E-state index in [0.717, 1.165) is 16.7 Å². The standard InChI is InChI=1S/C30H35NO8S/c1-21-14-16-25(17-15-21)40(33,34)31-27-29(38-19-24-12-8-5-9-13-24)28(37-18-23-10-6-4-7-11-23)26(20-36-22(2)32)39-30(27)35-3/h4-17,26-31H,18-20H2,1-3H3. The molecule has 5 atom stereocenters. The van der Waals surface area contributed by atoms with E-state index < -0.39 is 46.6 Å². The molecule has 1 saturated heterocycles. The molecule has 0 spiro atoms. The molecule has 0 saturated carbocycles. The Morgan fingerprint density at radius 1 is 0.850 bits per heavy atom. The number of ether oxygens (including phenoxy) is 5. The highest BCUT2D eigenvalue weighted by Crippen LogP contribution is 2.30. The first-order valence-electron chi connectivity index (χ1n) is 13.0. The zero-order valence-electron chi connectivity index (χ0n) is 22.8. The summed E-state index contributed by atoms with van der Waals surface area (Å²) in [5, 5.41) is 0. The molecule has 5 unspecified atom stereocenters. The molecule has 1 fully saturated rings. The number of sulfonamides is 1. The Morgan fingerprint density at radius 2 is 1.40 bits per heavy atom. The van der Waals surface area contributed by atoms with Crippen molar-refractivity contribution in [1.29, 1.82) is 0 Å². The highest BCUT2D eigenvalue weighted by molar-refractivity contribution is 7.89. The molecule has 40 heavy (non-hydrogen) atoms. The maximum atomic E-state index is 13.5. The predicted molar refractivity (Wildman–Crippen MR) is 148 cm³/mol. The number of hydrogen-bond donors (Lipinski definition) is 1. The average Bonchev–Trinajstić information content (AvgIpc) is 2.95. The SMILES string of the molecule is COC1OC(COC(C)=O)C(OCc2ccccc2)C(OCc2ccccc2)C1NS(=O)(=O)c1ccc(C)cc1. The minimum absolute atomic E-state index is 0.0959. The summed E-state index contributed by atoms with van der Waals surface area (Å²) in [7, 11) is -2.58. The van der Waals surface area contributed by atoms with Crippen LogP contribution < -0.4 is 4.72 Å². The summed E-state index contributed by atoms with van der Waals surface area (Å²) in [6.45, 7) is 3.43. The Balaban J connectivity index is 1.68. The third-order valence-corrected chi connectivity index (χ3v) is 8.00. The second kappa shape index (κ2) is 14.0. The van der Waals surface area contributed by atoms with E-state index >= 15 is 0 Å². The maximum absolute atomic E-state index is 13.5. The molecular formula is C30H35NO8S. The van der Waals surface area contributed by atoms with Gasteiger partial charge in [0, 0.05) is 14.0 Å². The zero-order chi connectivity index (χ0) is 28.5. The molecule has 1 aliphatic heterocycles. The summed E-state index contributed by atoms with van der Waals surface area (Å²) in [5.74, 6) is -0.483. The van der Waals surface area contributed by atoms with Crippen LogP contribution in [-0.4, -0.2) is 58.7 Å². The quantitative estimate of drug-likeness (QED) is 0.329. The lowest BCUT2D eigenvalue weighted by Crippen LogP contribution is -2.66. The smallest absolute Gasteiger partial charge is 0.302 e. The fourth-order valence-electron chi connectivity index (χ4n) is 4.46. The van der Waals surface area contributed by atoms with Gasteiger partial charge in [-0.2, -0.15) is 0 Å². The molecule has 0 aromatic heterocycles. The van der Waals surface area contributed by atoms with Crippen LogP contribution in [0.1, 0.15) is 23.6 Å². The van der Waals surface area contributed by atoms with Crippen LogP contribution >= 0.6 is 0 Å². The molecule has 1 heterocycles. The third kappa shape index (κ3) is 7.97. The molecule has 1 aliphatic rings. The number of carbonyl (C=O) groups is 1. The molecule has 3 aromatic rings. The molecule has 0 aliphatic carbocycles. The number of nitrogens with one attached hydrogen (secondary N) is 1. The van der Waals surface area contributed by atoms with Crippen molar-refractivity contribution in [2.45, 2.75) is 62.6 Å². The summed E-state index contributed by atoms with van der Waals surface area (Å²) >= 11 is 0. The minimum Gasteiger partial charge on any atom is -0.463 e. The largest absolute Gasteiger partial charge is 0.463 e. The molecule has 4 rings (SSSR count). The molecule has 214 valence electrons. The van der Waals surface area contributed by atoms with Gasteiger partial charge < -0.3 is 23.7 Å². The van der Waals surface area contributed by atoms with Crippen LogP contribution in [0, 0.1) is 6.92 Å². The van der Waals surface area contributed by atoms with E-state index in [0.29, 0.717) is 0 Å². The normalized spacial score (nSPS) is 23.0. The molecule has 0 amide bonds. The summed E-state index contributed by atoms with van der Waals surface area (Å²) in [5.41, 5.74) is 2.73. The van der Waals surface area contributed by atoms with Gasteiger partial charge in [0.2, 0.25) is 10.0 Å². The number of carbonyl (C=O) groups excluding carboxylic acids is 1. The van der Waals surface area contributed by atoms with E-state index in [1.165, 1.54) is 26.2 Å². The summed E-state index contributed by atoms with van der Waals surface area (Å²) in [6.07, 6.45) is -3.54. The first kappa shape index (κ1) is 29.9. The number of hydrogen-bond acceptors (Lipinski definition) is 8. The van der Waals surface area contributed by atoms with Crippen molar-refractivity contribution in [3.8, 4) is 0 Å². The maximum Gasteiger partial charge on any atom is 0.302 e. The summed E-state index contributed by atoms with van der Waals surface area (Å²) in [6, 6.07) is 24.6. The van der Waals surface area contributed by atoms with E-state index in [1.807, 2.05) is 67.6 Å². The van der Waals surface area contributed by atoms with Gasteiger partial charge in [0.15, 0.2) is 6.29 Å². The Hall–Kier alpha value is -3.12. The van der Waals surface area contributed by atoms with E-state index in [9.17, 15) is 13.2 Å². The highest BCUT2D eigenvalue weighted by atomic mass is 32.2. The monoisotopic (exact) mass is 569 g/mol. The molecule has 0 bridgehead atoms. The van der Waals surface area contributed by atoms with Crippen molar-refractivity contribution in [2.75, 3.05) is 13.7 Å². The molecule has 10 heteroatoms. The predicted octanol–water partition coefficient (Wildman–Crippen LogP) is 3.75. The number of aryl methyl sites for hydroxylation is 1. The van der Waals surface area contributed by atoms with Gasteiger partial charge in [-0.25, -0.2) is 13.1 Å². The average molecular weight is 570 g/mol. The first-order valence-corrected chi connectivity index (χ1v) is 14.5. The zero-order valence-corrected chi connectivity index (χ0v) is 23.6. The molecule has 9 nitrogen and oxygen atoms in total. The summed E-state index contributed by atoms with van der Waals surface area (Å²) < 4.78 is 59.5. The van der Waals surface area contributed by atoms with Crippen LogP contribution in [-0.2, 0) is 51.7 Å². The van der Waals surface area contributed by atoms with Crippen molar-refractivity contribution < 1.29 is 36.9 Å². The molecule has 0 radical (unpaired) electrons. The van der Waals surface area contributed by atoms with Gasteiger partial charge in [-0.05, 0) is 30.2 Å².